The molecule has 0 aliphatic heterocycles. The van der Waals surface area contributed by atoms with Gasteiger partial charge in [-0.25, -0.2) is 4.79 Å². The van der Waals surface area contributed by atoms with E-state index in [2.05, 4.69) is 5.32 Å². The molecule has 1 heterocycles. The van der Waals surface area contributed by atoms with Gasteiger partial charge >= 0.3 is 5.63 Å². The van der Waals surface area contributed by atoms with Crippen LogP contribution in [0, 0.1) is 17.0 Å². The van der Waals surface area contributed by atoms with E-state index in [1.807, 2.05) is 25.1 Å². The molecule has 1 amide bonds. The smallest absolute Gasteiger partial charge is 0.336 e. The minimum absolute atomic E-state index is 0.0410. The number of nitro benzene ring substituents is 1. The maximum absolute atomic E-state index is 12.2. The molecule has 0 radical (unpaired) electrons. The van der Waals surface area contributed by atoms with Crippen LogP contribution in [0.1, 0.15) is 5.56 Å². The van der Waals surface area contributed by atoms with Gasteiger partial charge in [0.15, 0.2) is 6.61 Å². The van der Waals surface area contributed by atoms with Crippen LogP contribution in [0.5, 0.6) is 5.75 Å². The van der Waals surface area contributed by atoms with Crippen molar-refractivity contribution in [2.24, 2.45) is 0 Å². The molecule has 160 valence electrons. The first kappa shape index (κ1) is 20.8. The predicted octanol–water partition coefficient (Wildman–Crippen LogP) is 4.69. The van der Waals surface area contributed by atoms with Gasteiger partial charge in [0.1, 0.15) is 11.3 Å². The van der Waals surface area contributed by atoms with Crippen LogP contribution in [-0.4, -0.2) is 17.4 Å². The molecule has 0 aliphatic rings. The van der Waals surface area contributed by atoms with E-state index in [1.54, 1.807) is 30.3 Å². The number of nitrogens with one attached hydrogen (secondary N) is 1. The Bertz CT molecular complexity index is 1380. The quantitative estimate of drug-likeness (QED) is 0.270. The largest absolute Gasteiger partial charge is 0.484 e. The van der Waals surface area contributed by atoms with Gasteiger partial charge in [-0.15, -0.1) is 0 Å². The Labute approximate surface area is 182 Å². The van der Waals surface area contributed by atoms with Gasteiger partial charge in [0.25, 0.3) is 11.6 Å². The molecule has 0 atom stereocenters. The van der Waals surface area contributed by atoms with Crippen molar-refractivity contribution >= 4 is 28.3 Å². The third-order valence-electron chi connectivity index (χ3n) is 4.89. The van der Waals surface area contributed by atoms with Gasteiger partial charge in [-0.3, -0.25) is 14.9 Å². The fraction of sp³-hybridized carbons (Fsp3) is 0.0833. The molecule has 0 saturated heterocycles. The van der Waals surface area contributed by atoms with Crippen LogP contribution in [0.25, 0.3) is 22.1 Å². The van der Waals surface area contributed by atoms with E-state index in [-0.39, 0.29) is 23.8 Å². The molecular weight excluding hydrogens is 412 g/mol. The summed E-state index contributed by atoms with van der Waals surface area (Å²) in [6.07, 6.45) is 0. The zero-order valence-electron chi connectivity index (χ0n) is 17.0. The lowest BCUT2D eigenvalue weighted by Crippen LogP contribution is -2.20. The summed E-state index contributed by atoms with van der Waals surface area (Å²) in [5.74, 6) is 0.0434. The van der Waals surface area contributed by atoms with Crippen molar-refractivity contribution in [2.75, 3.05) is 11.9 Å². The molecule has 0 spiro atoms. The monoisotopic (exact) mass is 430 g/mol. The molecule has 0 fully saturated rings. The number of para-hydroxylation sites is 1. The van der Waals surface area contributed by atoms with Crippen LogP contribution in [0.15, 0.2) is 82.0 Å². The molecule has 0 bridgehead atoms. The number of non-ortho nitro benzene ring substituents is 1. The topological polar surface area (TPSA) is 112 Å². The number of fused-ring (bicyclic) bond motifs is 1. The molecule has 4 aromatic rings. The van der Waals surface area contributed by atoms with Crippen molar-refractivity contribution in [3.8, 4) is 16.9 Å². The normalized spacial score (nSPS) is 10.7. The number of hydrogen-bond donors (Lipinski definition) is 1. The molecular formula is C24H18N2O6. The molecule has 8 nitrogen and oxygen atoms in total. The van der Waals surface area contributed by atoms with Gasteiger partial charge in [-0.2, -0.15) is 0 Å². The van der Waals surface area contributed by atoms with E-state index < -0.39 is 10.5 Å². The summed E-state index contributed by atoms with van der Waals surface area (Å²) in [5.41, 5.74) is 2.53. The Morgan fingerprint density at radius 2 is 1.81 bits per heavy atom. The summed E-state index contributed by atoms with van der Waals surface area (Å²) in [4.78, 5) is 34.7. The highest BCUT2D eigenvalue weighted by atomic mass is 16.6. The number of carbonyl (C=O) groups is 1. The van der Waals surface area contributed by atoms with Gasteiger partial charge in [0, 0.05) is 35.3 Å². The third kappa shape index (κ3) is 4.49. The lowest BCUT2D eigenvalue weighted by Gasteiger charge is -2.10. The zero-order valence-corrected chi connectivity index (χ0v) is 17.0. The van der Waals surface area contributed by atoms with E-state index >= 15 is 0 Å². The van der Waals surface area contributed by atoms with Crippen LogP contribution in [0.3, 0.4) is 0 Å². The second-order valence-electron chi connectivity index (χ2n) is 7.09. The number of carbonyl (C=O) groups excluding carboxylic acids is 1. The molecule has 0 unspecified atom stereocenters. The summed E-state index contributed by atoms with van der Waals surface area (Å²) in [6.45, 7) is 1.68. The van der Waals surface area contributed by atoms with Crippen LogP contribution in [0.4, 0.5) is 11.4 Å². The van der Waals surface area contributed by atoms with Gasteiger partial charge in [-0.05, 0) is 53.9 Å². The molecule has 4 rings (SSSR count). The Balaban J connectivity index is 1.55. The maximum Gasteiger partial charge on any atom is 0.336 e. The molecule has 0 aliphatic carbocycles. The maximum atomic E-state index is 12.2. The van der Waals surface area contributed by atoms with Crippen molar-refractivity contribution in [1.82, 2.24) is 0 Å². The molecule has 3 aromatic carbocycles. The summed E-state index contributed by atoms with van der Waals surface area (Å²) in [5, 5.41) is 14.3. The molecule has 1 aromatic heterocycles. The summed E-state index contributed by atoms with van der Waals surface area (Å²) in [6, 6.07) is 19.6. The van der Waals surface area contributed by atoms with Crippen molar-refractivity contribution in [2.45, 2.75) is 6.92 Å². The van der Waals surface area contributed by atoms with Gasteiger partial charge < -0.3 is 14.5 Å². The van der Waals surface area contributed by atoms with Gasteiger partial charge in [-0.1, -0.05) is 18.2 Å². The van der Waals surface area contributed by atoms with Crippen molar-refractivity contribution in [3.05, 3.63) is 98.9 Å². The first-order valence-electron chi connectivity index (χ1n) is 9.72. The number of rotatable bonds is 6. The van der Waals surface area contributed by atoms with Crippen LogP contribution in [0.2, 0.25) is 0 Å². The van der Waals surface area contributed by atoms with Gasteiger partial charge in [0.05, 0.1) is 4.92 Å². The first-order chi connectivity index (χ1) is 15.4. The molecule has 0 saturated carbocycles. The number of hydrogen-bond acceptors (Lipinski definition) is 6. The average Bonchev–Trinajstić information content (AvgIpc) is 2.78. The number of amides is 1. The zero-order chi connectivity index (χ0) is 22.7. The minimum atomic E-state index is -0.569. The fourth-order valence-corrected chi connectivity index (χ4v) is 3.28. The lowest BCUT2D eigenvalue weighted by molar-refractivity contribution is -0.384. The lowest BCUT2D eigenvalue weighted by atomic mass is 10.0. The summed E-state index contributed by atoms with van der Waals surface area (Å²) < 4.78 is 10.9. The van der Waals surface area contributed by atoms with E-state index in [0.29, 0.717) is 28.0 Å². The number of nitrogens with zero attached hydrogens (tertiary/aromatic N) is 1. The summed E-state index contributed by atoms with van der Waals surface area (Å²) >= 11 is 0. The van der Waals surface area contributed by atoms with Crippen LogP contribution >= 0.6 is 0 Å². The molecule has 1 N–H and O–H groups in total. The van der Waals surface area contributed by atoms with Crippen molar-refractivity contribution < 1.29 is 18.9 Å². The Hall–Kier alpha value is -4.46. The highest BCUT2D eigenvalue weighted by Crippen LogP contribution is 2.30. The number of ether oxygens (including phenoxy) is 1. The molecule has 32 heavy (non-hydrogen) atoms. The average molecular weight is 430 g/mol. The van der Waals surface area contributed by atoms with E-state index in [1.165, 1.54) is 24.3 Å². The Morgan fingerprint density at radius 3 is 2.53 bits per heavy atom. The van der Waals surface area contributed by atoms with Crippen LogP contribution < -0.4 is 15.7 Å². The third-order valence-corrected chi connectivity index (χ3v) is 4.89. The van der Waals surface area contributed by atoms with Gasteiger partial charge in [0.2, 0.25) is 0 Å². The second kappa shape index (κ2) is 8.73. The number of anilines is 1. The van der Waals surface area contributed by atoms with E-state index in [9.17, 15) is 19.7 Å². The molecule has 8 heteroatoms. The Kier molecular flexibility index (Phi) is 5.67. The van der Waals surface area contributed by atoms with Crippen molar-refractivity contribution in [1.29, 1.82) is 0 Å². The number of nitro groups is 1. The fourth-order valence-electron chi connectivity index (χ4n) is 3.28. The van der Waals surface area contributed by atoms with E-state index in [0.717, 1.165) is 5.56 Å². The second-order valence-corrected chi connectivity index (χ2v) is 7.09. The number of aryl methyl sites for hydroxylation is 1. The summed E-state index contributed by atoms with van der Waals surface area (Å²) in [7, 11) is 0. The standard InChI is InChI=1S/C24H18N2O6/c1-15-4-2-3-5-21(15)25-23(27)14-31-18-10-11-19-20(13-24(28)32-22(19)12-18)16-6-8-17(9-7-16)26(29)30/h2-13H,14H2,1H3,(H,25,27). The van der Waals surface area contributed by atoms with Crippen LogP contribution in [-0.2, 0) is 4.79 Å². The van der Waals surface area contributed by atoms with Crippen molar-refractivity contribution in [3.63, 3.8) is 0 Å². The predicted molar refractivity (Wildman–Crippen MR) is 120 cm³/mol. The minimum Gasteiger partial charge on any atom is -0.484 e. The highest BCUT2D eigenvalue weighted by Gasteiger charge is 2.12. The first-order valence-corrected chi connectivity index (χ1v) is 9.72. The van der Waals surface area contributed by atoms with E-state index in [4.69, 9.17) is 9.15 Å². The highest BCUT2D eigenvalue weighted by molar-refractivity contribution is 5.94. The Morgan fingerprint density at radius 1 is 1.06 bits per heavy atom. The SMILES string of the molecule is Cc1ccccc1NC(=O)COc1ccc2c(-c3ccc([N+](=O)[O-])cc3)cc(=O)oc2c1. The number of benzene rings is 3.